The number of halogens is 1. The monoisotopic (exact) mass is 459 g/mol. The molecule has 3 heterocycles. The second kappa shape index (κ2) is 9.94. The van der Waals surface area contributed by atoms with E-state index >= 15 is 0 Å². The molecule has 1 fully saturated rings. The third-order valence-corrected chi connectivity index (χ3v) is 6.25. The number of hydrogen-bond acceptors (Lipinski definition) is 4. The number of fused-ring (bicyclic) bond motifs is 1. The summed E-state index contributed by atoms with van der Waals surface area (Å²) in [6.45, 7) is 11.2. The van der Waals surface area contributed by atoms with Gasteiger partial charge in [-0.1, -0.05) is 49.2 Å². The zero-order valence-corrected chi connectivity index (χ0v) is 20.7. The summed E-state index contributed by atoms with van der Waals surface area (Å²) in [5.41, 5.74) is 15.3. The highest BCUT2D eigenvalue weighted by Gasteiger charge is 2.30. The van der Waals surface area contributed by atoms with E-state index < -0.39 is 12.2 Å². The van der Waals surface area contributed by atoms with Crippen molar-refractivity contribution in [3.63, 3.8) is 0 Å². The van der Waals surface area contributed by atoms with Crippen molar-refractivity contribution in [2.75, 3.05) is 18.0 Å². The summed E-state index contributed by atoms with van der Waals surface area (Å²) in [7, 11) is 0. The fraction of sp³-hybridized carbons (Fsp3) is 0.357. The minimum Gasteiger partial charge on any atom is -0.367 e. The van der Waals surface area contributed by atoms with E-state index in [-0.39, 0.29) is 6.54 Å². The Morgan fingerprint density at radius 2 is 1.68 bits per heavy atom. The maximum Gasteiger partial charge on any atom is 0.142 e. The first-order chi connectivity index (χ1) is 16.4. The molecule has 0 saturated carbocycles. The van der Waals surface area contributed by atoms with E-state index in [4.69, 9.17) is 10.7 Å². The van der Waals surface area contributed by atoms with Crippen LogP contribution in [0, 0.1) is 20.8 Å². The Bertz CT molecular complexity index is 1280. The fourth-order valence-corrected chi connectivity index (χ4v) is 4.69. The van der Waals surface area contributed by atoms with E-state index in [0.29, 0.717) is 13.0 Å². The van der Waals surface area contributed by atoms with Crippen LogP contribution in [0.2, 0.25) is 0 Å². The van der Waals surface area contributed by atoms with Crippen LogP contribution in [0.4, 0.5) is 10.1 Å². The van der Waals surface area contributed by atoms with E-state index in [1.165, 1.54) is 16.7 Å². The molecule has 0 amide bonds. The van der Waals surface area contributed by atoms with Gasteiger partial charge in [-0.15, -0.1) is 0 Å². The van der Waals surface area contributed by atoms with E-state index in [1.807, 2.05) is 32.3 Å². The topological polar surface area (TPSA) is 70.8 Å². The highest BCUT2D eigenvalue weighted by molar-refractivity contribution is 5.91. The number of pyridine rings is 1. The molecule has 178 valence electrons. The number of anilines is 1. The fourth-order valence-electron chi connectivity index (χ4n) is 4.69. The molecule has 2 aromatic heterocycles. The van der Waals surface area contributed by atoms with Gasteiger partial charge in [-0.3, -0.25) is 4.98 Å². The second-order valence-electron chi connectivity index (χ2n) is 8.98. The molecule has 2 atom stereocenters. The second-order valence-corrected chi connectivity index (χ2v) is 8.98. The molecule has 3 N–H and O–H groups in total. The van der Waals surface area contributed by atoms with Gasteiger partial charge >= 0.3 is 0 Å². The lowest BCUT2D eigenvalue weighted by molar-refractivity contribution is 0.251. The molecule has 0 spiro atoms. The molecule has 2 aromatic carbocycles. The van der Waals surface area contributed by atoms with Crippen LogP contribution >= 0.6 is 0 Å². The Morgan fingerprint density at radius 3 is 2.38 bits per heavy atom. The predicted octanol–water partition coefficient (Wildman–Crippen LogP) is 6.12. The number of piperidine rings is 1. The molecule has 0 bridgehead atoms. The quantitative estimate of drug-likeness (QED) is 0.387. The Labute approximate surface area is 201 Å². The van der Waals surface area contributed by atoms with Gasteiger partial charge in [0.1, 0.15) is 12.0 Å². The van der Waals surface area contributed by atoms with Crippen molar-refractivity contribution < 1.29 is 4.39 Å². The van der Waals surface area contributed by atoms with E-state index in [9.17, 15) is 4.39 Å². The Morgan fingerprint density at radius 1 is 0.971 bits per heavy atom. The number of aromatic amines is 1. The van der Waals surface area contributed by atoms with Gasteiger partial charge in [-0.05, 0) is 50.5 Å². The van der Waals surface area contributed by atoms with Gasteiger partial charge in [-0.2, -0.15) is 0 Å². The van der Waals surface area contributed by atoms with Crippen LogP contribution in [0.25, 0.3) is 33.5 Å². The maximum atomic E-state index is 14.7. The number of nitrogens with two attached hydrogens (primary N) is 1. The van der Waals surface area contributed by atoms with Crippen molar-refractivity contribution in [3.05, 3.63) is 65.5 Å². The number of H-pyrrole nitrogens is 1. The molecular weight excluding hydrogens is 425 g/mol. The Kier molecular flexibility index (Phi) is 6.98. The first-order valence-electron chi connectivity index (χ1n) is 12.1. The summed E-state index contributed by atoms with van der Waals surface area (Å²) in [5, 5.41) is 0. The molecule has 1 aliphatic rings. The molecular formula is C28H34FN5. The SMILES string of the molecule is CC.Cc1cc(C)cc(-c2cncc(-c3nc4ccc(C)cc4[nH]3)c2N2CCC(N)C(F)C2)c1. The Hall–Kier alpha value is -3.25. The standard InChI is InChI=1S/C26H28FN5.C2H6/c1-15-4-5-23-24(11-15)31-26(30-23)20-13-29-12-19(18-9-16(2)8-17(3)10-18)25(20)32-7-6-22(28)21(27)14-32;1-2/h4-5,8-13,21-22H,6-7,14,28H2,1-3H3,(H,30,31);1-2H3. The number of hydrogen-bond donors (Lipinski definition) is 2. The van der Waals surface area contributed by atoms with Crippen LogP contribution in [0.3, 0.4) is 0 Å². The zero-order chi connectivity index (χ0) is 24.4. The molecule has 4 aromatic rings. The number of benzene rings is 2. The molecule has 1 saturated heterocycles. The van der Waals surface area contributed by atoms with Crippen LogP contribution in [-0.2, 0) is 0 Å². The molecule has 0 aliphatic carbocycles. The molecule has 34 heavy (non-hydrogen) atoms. The Balaban J connectivity index is 0.00000133. The van der Waals surface area contributed by atoms with Gasteiger partial charge in [0.05, 0.1) is 28.8 Å². The highest BCUT2D eigenvalue weighted by atomic mass is 19.1. The summed E-state index contributed by atoms with van der Waals surface area (Å²) >= 11 is 0. The summed E-state index contributed by atoms with van der Waals surface area (Å²) in [6.07, 6.45) is 3.24. The number of aromatic nitrogens is 3. The van der Waals surface area contributed by atoms with Crippen molar-refractivity contribution in [2.45, 2.75) is 53.3 Å². The predicted molar refractivity (Wildman–Crippen MR) is 140 cm³/mol. The number of nitrogens with one attached hydrogen (secondary N) is 1. The van der Waals surface area contributed by atoms with Crippen LogP contribution in [-0.4, -0.2) is 40.3 Å². The van der Waals surface area contributed by atoms with Crippen molar-refractivity contribution in [2.24, 2.45) is 5.73 Å². The van der Waals surface area contributed by atoms with Crippen LogP contribution in [0.1, 0.15) is 37.0 Å². The average Bonchev–Trinajstić information content (AvgIpc) is 3.24. The number of imidazole rings is 1. The number of rotatable bonds is 3. The number of aryl methyl sites for hydroxylation is 3. The lowest BCUT2D eigenvalue weighted by atomic mass is 9.96. The highest BCUT2D eigenvalue weighted by Crippen LogP contribution is 2.40. The minimum absolute atomic E-state index is 0.259. The summed E-state index contributed by atoms with van der Waals surface area (Å²) in [4.78, 5) is 15.0. The normalized spacial score (nSPS) is 18.0. The third-order valence-electron chi connectivity index (χ3n) is 6.25. The van der Waals surface area contributed by atoms with Gasteiger partial charge in [0, 0.05) is 30.5 Å². The minimum atomic E-state index is -1.07. The van der Waals surface area contributed by atoms with Crippen molar-refractivity contribution in [3.8, 4) is 22.5 Å². The molecule has 0 radical (unpaired) electrons. The van der Waals surface area contributed by atoms with E-state index in [0.717, 1.165) is 39.2 Å². The summed E-state index contributed by atoms with van der Waals surface area (Å²) in [5.74, 6) is 0.740. The van der Waals surface area contributed by atoms with Gasteiger partial charge in [-0.25, -0.2) is 9.37 Å². The summed E-state index contributed by atoms with van der Waals surface area (Å²) < 4.78 is 14.7. The van der Waals surface area contributed by atoms with Crippen LogP contribution in [0.5, 0.6) is 0 Å². The van der Waals surface area contributed by atoms with Crippen molar-refractivity contribution in [1.82, 2.24) is 15.0 Å². The van der Waals surface area contributed by atoms with E-state index in [1.54, 1.807) is 0 Å². The lowest BCUT2D eigenvalue weighted by Gasteiger charge is -2.36. The van der Waals surface area contributed by atoms with Crippen molar-refractivity contribution in [1.29, 1.82) is 0 Å². The van der Waals surface area contributed by atoms with Gasteiger partial charge in [0.15, 0.2) is 0 Å². The van der Waals surface area contributed by atoms with Gasteiger partial charge < -0.3 is 15.6 Å². The van der Waals surface area contributed by atoms with Gasteiger partial charge in [0.25, 0.3) is 0 Å². The molecule has 5 rings (SSSR count). The third kappa shape index (κ3) is 4.68. The first-order valence-corrected chi connectivity index (χ1v) is 12.1. The molecule has 1 aliphatic heterocycles. The van der Waals surface area contributed by atoms with Gasteiger partial charge in [0.2, 0.25) is 0 Å². The molecule has 6 heteroatoms. The molecule has 2 unspecified atom stereocenters. The number of alkyl halides is 1. The summed E-state index contributed by atoms with van der Waals surface area (Å²) in [6, 6.07) is 12.2. The lowest BCUT2D eigenvalue weighted by Crippen LogP contribution is -2.49. The number of nitrogens with zero attached hydrogens (tertiary/aromatic N) is 3. The first kappa shape index (κ1) is 23.9. The average molecular weight is 460 g/mol. The molecule has 5 nitrogen and oxygen atoms in total. The smallest absolute Gasteiger partial charge is 0.142 e. The van der Waals surface area contributed by atoms with Crippen LogP contribution in [0.15, 0.2) is 48.8 Å². The zero-order valence-electron chi connectivity index (χ0n) is 20.7. The van der Waals surface area contributed by atoms with E-state index in [2.05, 4.69) is 66.0 Å². The van der Waals surface area contributed by atoms with Crippen molar-refractivity contribution >= 4 is 16.7 Å². The maximum absolute atomic E-state index is 14.7. The largest absolute Gasteiger partial charge is 0.367 e. The van der Waals surface area contributed by atoms with Crippen LogP contribution < -0.4 is 10.6 Å².